The number of unbranched alkanes of at least 4 members (excludes halogenated alkanes) is 3. The summed E-state index contributed by atoms with van der Waals surface area (Å²) in [5, 5.41) is 98.7. The standard InChI is InChI=1S/C39H67N5O18S/c1-18-28(50)31(53)33(55)37(58-18)62-35-32(54)29(51)21(15-45)60-38(35)61-34-27(42-19(2)47)36(59-22(16-46)30(34)52)57-14-8-13-41-24(48)10-4-3-7-12-40-25(49)11-6-5-9-23-26-20(17-63-23)43-39(56)44-26/h18,20-23,26-38,45-46,50-55H,3-17H2,1-2H3,(H,40,49)(H,41,48)(H,42,47)(H2,43,44,56)/t18?,20?,21?,22?,23?,26-,27?,28+,29-,30+,31-,32-,33?,34+,35?,36?,37-,38-/m0/s1. The molecule has 13 N–H and O–H groups in total. The van der Waals surface area contributed by atoms with Crippen molar-refractivity contribution in [3.8, 4) is 0 Å². The first-order valence-corrected chi connectivity index (χ1v) is 22.9. The van der Waals surface area contributed by atoms with E-state index in [1.165, 1.54) is 13.8 Å². The SMILES string of the molecule is CC(=O)NC1C(OCCCNC(=O)CCCCCNC(=O)CCCCC2SCC3NC(=O)N[C@@H]32)OC(CO)[C@@H](O)[C@@H]1O[C@@H]1OC(CO)[C@H](O)[C@H](O)C1O[C@@H]1OC(C)[C@@H](O)[C@H](O)C1O. The molecule has 5 heterocycles. The topological polar surface area (TPSA) is 346 Å². The van der Waals surface area contributed by atoms with Crippen LogP contribution in [0, 0.1) is 0 Å². The molecule has 23 nitrogen and oxygen atoms in total. The lowest BCUT2D eigenvalue weighted by atomic mass is 9.95. The average molecular weight is 926 g/mol. The highest BCUT2D eigenvalue weighted by molar-refractivity contribution is 8.00. The maximum Gasteiger partial charge on any atom is 0.315 e. The molecular weight excluding hydrogens is 859 g/mol. The van der Waals surface area contributed by atoms with Gasteiger partial charge in [0.25, 0.3) is 0 Å². The molecule has 5 amide bonds. The van der Waals surface area contributed by atoms with Gasteiger partial charge in [0.2, 0.25) is 17.7 Å². The molecule has 63 heavy (non-hydrogen) atoms. The number of rotatable bonds is 23. The van der Waals surface area contributed by atoms with Crippen molar-refractivity contribution in [3.63, 3.8) is 0 Å². The Morgan fingerprint density at radius 3 is 2.03 bits per heavy atom. The first-order chi connectivity index (χ1) is 30.1. The molecule has 5 aliphatic heterocycles. The summed E-state index contributed by atoms with van der Waals surface area (Å²) in [4.78, 5) is 48.7. The first-order valence-electron chi connectivity index (χ1n) is 21.8. The van der Waals surface area contributed by atoms with Crippen LogP contribution in [0.15, 0.2) is 0 Å². The van der Waals surface area contributed by atoms with Crippen molar-refractivity contribution in [3.05, 3.63) is 0 Å². The van der Waals surface area contributed by atoms with Crippen LogP contribution >= 0.6 is 11.8 Å². The van der Waals surface area contributed by atoms with Crippen molar-refractivity contribution in [1.29, 1.82) is 0 Å². The van der Waals surface area contributed by atoms with Gasteiger partial charge in [0.1, 0.15) is 67.1 Å². The van der Waals surface area contributed by atoms with E-state index >= 15 is 0 Å². The van der Waals surface area contributed by atoms with Gasteiger partial charge >= 0.3 is 6.03 Å². The molecule has 9 unspecified atom stereocenters. The predicted molar refractivity (Wildman–Crippen MR) is 218 cm³/mol. The van der Waals surface area contributed by atoms with Crippen LogP contribution < -0.4 is 26.6 Å². The van der Waals surface area contributed by atoms with Gasteiger partial charge in [-0.05, 0) is 39.0 Å². The maximum atomic E-state index is 12.5. The molecule has 0 radical (unpaired) electrons. The van der Waals surface area contributed by atoms with Gasteiger partial charge in [-0.2, -0.15) is 11.8 Å². The summed E-state index contributed by atoms with van der Waals surface area (Å²) in [7, 11) is 0. The number of carbonyl (C=O) groups is 4. The van der Waals surface area contributed by atoms with Gasteiger partial charge in [0.15, 0.2) is 18.9 Å². The van der Waals surface area contributed by atoms with E-state index < -0.39 is 111 Å². The molecule has 5 rings (SSSR count). The Balaban J connectivity index is 1.03. The summed E-state index contributed by atoms with van der Waals surface area (Å²) in [6, 6.07) is -1.04. The largest absolute Gasteiger partial charge is 0.394 e. The molecule has 24 heteroatoms. The number of hydrogen-bond donors (Lipinski definition) is 13. The fourth-order valence-electron chi connectivity index (χ4n) is 8.27. The Bertz CT molecular complexity index is 1480. The number of fused-ring (bicyclic) bond motifs is 1. The summed E-state index contributed by atoms with van der Waals surface area (Å²) in [5.74, 6) is 0.131. The molecule has 362 valence electrons. The second kappa shape index (κ2) is 24.8. The van der Waals surface area contributed by atoms with Crippen LogP contribution in [-0.4, -0.2) is 213 Å². The molecule has 0 aliphatic carbocycles. The Hall–Kier alpha value is -2.53. The normalized spacial score (nSPS) is 38.9. The van der Waals surface area contributed by atoms with E-state index in [2.05, 4.69) is 26.6 Å². The minimum atomic E-state index is -1.87. The zero-order valence-corrected chi connectivity index (χ0v) is 36.4. The molecule has 5 saturated heterocycles. The van der Waals surface area contributed by atoms with Crippen LogP contribution in [0.2, 0.25) is 0 Å². The Morgan fingerprint density at radius 2 is 1.35 bits per heavy atom. The number of nitrogens with one attached hydrogen (secondary N) is 5. The Labute approximate surface area is 369 Å². The molecule has 18 atom stereocenters. The minimum absolute atomic E-state index is 0.00389. The molecule has 0 aromatic carbocycles. The maximum absolute atomic E-state index is 12.5. The van der Waals surface area contributed by atoms with Crippen LogP contribution in [0.25, 0.3) is 0 Å². The number of aliphatic hydroxyl groups is 8. The number of carbonyl (C=O) groups excluding carboxylic acids is 4. The first kappa shape index (κ1) is 51.5. The summed E-state index contributed by atoms with van der Waals surface area (Å²) in [5.41, 5.74) is 0. The molecule has 0 saturated carbocycles. The number of aliphatic hydroxyl groups excluding tert-OH is 8. The monoisotopic (exact) mass is 925 g/mol. The van der Waals surface area contributed by atoms with Crippen LogP contribution in [0.5, 0.6) is 0 Å². The van der Waals surface area contributed by atoms with Crippen molar-refractivity contribution in [1.82, 2.24) is 26.6 Å². The third-order valence-corrected chi connectivity index (χ3v) is 13.4. The van der Waals surface area contributed by atoms with Gasteiger partial charge in [0.05, 0.1) is 38.0 Å². The number of thioether (sulfide) groups is 1. The van der Waals surface area contributed by atoms with Gasteiger partial charge in [0, 0.05) is 43.9 Å². The van der Waals surface area contributed by atoms with Crippen LogP contribution in [-0.2, 0) is 42.8 Å². The van der Waals surface area contributed by atoms with E-state index in [1.807, 2.05) is 11.8 Å². The minimum Gasteiger partial charge on any atom is -0.394 e. The second-order valence-electron chi connectivity index (χ2n) is 16.6. The van der Waals surface area contributed by atoms with Crippen LogP contribution in [0.1, 0.15) is 71.6 Å². The van der Waals surface area contributed by atoms with Crippen LogP contribution in [0.4, 0.5) is 4.79 Å². The lowest BCUT2D eigenvalue weighted by Gasteiger charge is -2.49. The zero-order valence-electron chi connectivity index (χ0n) is 35.6. The second-order valence-corrected chi connectivity index (χ2v) is 17.9. The summed E-state index contributed by atoms with van der Waals surface area (Å²) in [6.45, 7) is 1.77. The van der Waals surface area contributed by atoms with Gasteiger partial charge in [-0.15, -0.1) is 0 Å². The van der Waals surface area contributed by atoms with Crippen molar-refractivity contribution in [2.24, 2.45) is 0 Å². The highest BCUT2D eigenvalue weighted by atomic mass is 32.2. The third kappa shape index (κ3) is 14.0. The van der Waals surface area contributed by atoms with Crippen molar-refractivity contribution in [2.45, 2.75) is 181 Å². The quantitative estimate of drug-likeness (QED) is 0.0339. The van der Waals surface area contributed by atoms with Crippen molar-refractivity contribution >= 4 is 35.5 Å². The van der Waals surface area contributed by atoms with Gasteiger partial charge in [-0.3, -0.25) is 14.4 Å². The Morgan fingerprint density at radius 1 is 0.714 bits per heavy atom. The van der Waals surface area contributed by atoms with E-state index in [0.717, 1.165) is 37.9 Å². The highest BCUT2D eigenvalue weighted by Gasteiger charge is 2.54. The highest BCUT2D eigenvalue weighted by Crippen LogP contribution is 2.35. The smallest absolute Gasteiger partial charge is 0.315 e. The van der Waals surface area contributed by atoms with Crippen molar-refractivity contribution < 1.29 is 88.5 Å². The molecule has 0 aromatic rings. The third-order valence-electron chi connectivity index (χ3n) is 11.8. The lowest BCUT2D eigenvalue weighted by Crippen LogP contribution is -2.69. The summed E-state index contributed by atoms with van der Waals surface area (Å²) >= 11 is 1.86. The molecule has 5 fully saturated rings. The van der Waals surface area contributed by atoms with E-state index in [9.17, 15) is 60.0 Å². The summed E-state index contributed by atoms with van der Waals surface area (Å²) in [6.07, 6.45) is -16.4. The van der Waals surface area contributed by atoms with Crippen LogP contribution in [0.3, 0.4) is 0 Å². The average Bonchev–Trinajstić information content (AvgIpc) is 3.81. The molecule has 0 spiro atoms. The predicted octanol–water partition coefficient (Wildman–Crippen LogP) is -4.47. The van der Waals surface area contributed by atoms with E-state index in [0.29, 0.717) is 31.1 Å². The van der Waals surface area contributed by atoms with E-state index in [-0.39, 0.29) is 49.5 Å². The zero-order chi connectivity index (χ0) is 45.8. The van der Waals surface area contributed by atoms with Crippen molar-refractivity contribution in [2.75, 3.05) is 38.7 Å². The fourth-order valence-corrected chi connectivity index (χ4v) is 9.82. The molecule has 0 aromatic heterocycles. The lowest BCUT2D eigenvalue weighted by molar-refractivity contribution is -0.381. The van der Waals surface area contributed by atoms with E-state index in [1.54, 1.807) is 0 Å². The molecular formula is C39H67N5O18S. The number of ether oxygens (including phenoxy) is 6. The van der Waals surface area contributed by atoms with E-state index in [4.69, 9.17) is 28.4 Å². The number of amides is 5. The number of hydrogen-bond acceptors (Lipinski definition) is 19. The van der Waals surface area contributed by atoms with Gasteiger partial charge < -0.3 is 95.9 Å². The Kier molecular flexibility index (Phi) is 20.3. The molecule has 0 bridgehead atoms. The van der Waals surface area contributed by atoms with Gasteiger partial charge in [-0.1, -0.05) is 12.8 Å². The summed E-state index contributed by atoms with van der Waals surface area (Å²) < 4.78 is 34.8. The van der Waals surface area contributed by atoms with Gasteiger partial charge in [-0.25, -0.2) is 4.79 Å². The number of urea groups is 1. The fraction of sp³-hybridized carbons (Fsp3) is 0.897. The molecule has 5 aliphatic rings.